The van der Waals surface area contributed by atoms with E-state index in [-0.39, 0.29) is 30.3 Å². The van der Waals surface area contributed by atoms with Gasteiger partial charge in [0.05, 0.1) is 45.8 Å². The summed E-state index contributed by atoms with van der Waals surface area (Å²) in [7, 11) is 3.69. The third-order valence-electron chi connectivity index (χ3n) is 10.3. The average Bonchev–Trinajstić information content (AvgIpc) is 3.75. The van der Waals surface area contributed by atoms with E-state index in [1.807, 2.05) is 79.9 Å². The molecule has 15 nitrogen and oxygen atoms in total. The number of nitrogen functional groups attached to an aromatic ring is 1. The zero-order valence-corrected chi connectivity index (χ0v) is 41.2. The number of nitrogens with two attached hydrogens (primary N) is 1. The van der Waals surface area contributed by atoms with Crippen LogP contribution in [0.1, 0.15) is 77.6 Å². The minimum Gasteiger partial charge on any atom is -0.488 e. The van der Waals surface area contributed by atoms with Gasteiger partial charge in [-0.2, -0.15) is 10.2 Å². The third kappa shape index (κ3) is 13.2. The lowest BCUT2D eigenvalue weighted by atomic mass is 10.1. The molecule has 2 aliphatic heterocycles. The van der Waals surface area contributed by atoms with Crippen molar-refractivity contribution in [1.82, 2.24) is 29.4 Å². The molecule has 4 heterocycles. The number of piperidine rings is 2. The van der Waals surface area contributed by atoms with Gasteiger partial charge < -0.3 is 39.8 Å². The monoisotopic (exact) mass is 1020 g/mol. The van der Waals surface area contributed by atoms with Crippen molar-refractivity contribution in [1.29, 1.82) is 0 Å². The molecule has 0 saturated carbocycles. The van der Waals surface area contributed by atoms with Gasteiger partial charge in [0, 0.05) is 55.2 Å². The quantitative estimate of drug-likeness (QED) is 0.143. The normalized spacial score (nSPS) is 16.5. The zero-order valence-electron chi connectivity index (χ0n) is 38.0. The van der Waals surface area contributed by atoms with Crippen LogP contribution in [0.3, 0.4) is 0 Å². The number of carbonyl (C=O) groups is 3. The van der Waals surface area contributed by atoms with Gasteiger partial charge >= 0.3 is 12.2 Å². The number of amides is 3. The fourth-order valence-corrected chi connectivity index (χ4v) is 8.50. The van der Waals surface area contributed by atoms with Gasteiger partial charge in [-0.25, -0.2) is 14.0 Å². The second-order valence-corrected chi connectivity index (χ2v) is 19.7. The van der Waals surface area contributed by atoms with Gasteiger partial charge in [0.25, 0.3) is 5.91 Å². The SMILES string of the molecule is Cn1ncc(Br)c1-c1cc(N)ccc1OC1CCCN(C(=O)OC(C)(C)C)C1.Cn1ncc(Br)c1-c1cc(NC(=O)c2ccc(F)cc2)ccc1OC1CCCN(C(=O)OC(C)(C)C)C1. The number of halogens is 3. The number of anilines is 2. The predicted octanol–water partition coefficient (Wildman–Crippen LogP) is 10.2. The molecule has 3 amide bonds. The van der Waals surface area contributed by atoms with E-state index in [0.29, 0.717) is 48.9 Å². The number of nitrogens with one attached hydrogen (secondary N) is 1. The minimum absolute atomic E-state index is 0.115. The van der Waals surface area contributed by atoms with Crippen molar-refractivity contribution < 1.29 is 37.7 Å². The summed E-state index contributed by atoms with van der Waals surface area (Å²) in [6, 6.07) is 16.3. The molecule has 2 saturated heterocycles. The first-order chi connectivity index (χ1) is 30.6. The summed E-state index contributed by atoms with van der Waals surface area (Å²) in [4.78, 5) is 41.1. The van der Waals surface area contributed by atoms with Gasteiger partial charge in [0.2, 0.25) is 0 Å². The molecule has 2 atom stereocenters. The highest BCUT2D eigenvalue weighted by Crippen LogP contribution is 2.39. The van der Waals surface area contributed by atoms with Gasteiger partial charge in [-0.1, -0.05) is 0 Å². The second-order valence-electron chi connectivity index (χ2n) is 18.0. The van der Waals surface area contributed by atoms with Crippen molar-refractivity contribution in [3.63, 3.8) is 0 Å². The van der Waals surface area contributed by atoms with Crippen LogP contribution in [-0.2, 0) is 23.6 Å². The summed E-state index contributed by atoms with van der Waals surface area (Å²) in [5, 5.41) is 11.5. The molecule has 2 unspecified atom stereocenters. The van der Waals surface area contributed by atoms with E-state index in [9.17, 15) is 18.8 Å². The van der Waals surface area contributed by atoms with Crippen LogP contribution in [0.5, 0.6) is 11.5 Å². The highest BCUT2D eigenvalue weighted by Gasteiger charge is 2.31. The van der Waals surface area contributed by atoms with Gasteiger partial charge in [0.1, 0.15) is 40.7 Å². The number of hydrogen-bond acceptors (Lipinski definition) is 10. The van der Waals surface area contributed by atoms with Crippen LogP contribution in [0, 0.1) is 5.82 Å². The van der Waals surface area contributed by atoms with E-state index in [0.717, 1.165) is 62.9 Å². The Labute approximate surface area is 396 Å². The molecular weight excluding hydrogens is 967 g/mol. The predicted molar refractivity (Wildman–Crippen MR) is 254 cm³/mol. The lowest BCUT2D eigenvalue weighted by Crippen LogP contribution is -2.46. The van der Waals surface area contributed by atoms with Crippen LogP contribution in [0.2, 0.25) is 0 Å². The van der Waals surface area contributed by atoms with Crippen LogP contribution in [0.25, 0.3) is 22.5 Å². The van der Waals surface area contributed by atoms with E-state index < -0.39 is 17.0 Å². The Morgan fingerprint density at radius 3 is 1.62 bits per heavy atom. The van der Waals surface area contributed by atoms with E-state index in [4.69, 9.17) is 24.7 Å². The second kappa shape index (κ2) is 20.7. The number of nitrogens with zero attached hydrogens (tertiary/aromatic N) is 6. The number of aryl methyl sites for hydroxylation is 2. The largest absolute Gasteiger partial charge is 0.488 e. The first-order valence-corrected chi connectivity index (χ1v) is 23.0. The van der Waals surface area contributed by atoms with Gasteiger partial charge in [-0.15, -0.1) is 0 Å². The summed E-state index contributed by atoms with van der Waals surface area (Å²) in [6.07, 6.45) is 5.75. The molecule has 0 radical (unpaired) electrons. The number of aromatic nitrogens is 4. The molecule has 0 aliphatic carbocycles. The Morgan fingerprint density at radius 1 is 0.708 bits per heavy atom. The molecule has 2 fully saturated rings. The van der Waals surface area contributed by atoms with E-state index in [1.165, 1.54) is 24.3 Å². The van der Waals surface area contributed by atoms with Crippen molar-refractivity contribution in [2.45, 2.75) is 90.6 Å². The number of benzene rings is 3. The van der Waals surface area contributed by atoms with Crippen LogP contribution in [-0.4, -0.2) is 97.0 Å². The summed E-state index contributed by atoms with van der Waals surface area (Å²) in [6.45, 7) is 13.3. The van der Waals surface area contributed by atoms with Crippen LogP contribution < -0.4 is 20.5 Å². The highest BCUT2D eigenvalue weighted by atomic mass is 79.9. The standard InChI is InChI=1S/C27H30BrFN4O4.C20H27BrN4O3/c1-27(2,3)37-26(35)33-13-5-6-20(16-33)36-23-12-11-19(14-21(23)24-22(28)15-30-32(24)4)31-25(34)17-7-9-18(29)10-8-17;1-20(2,3)28-19(26)25-9-5-6-14(12-25)27-17-8-7-13(22)10-15(17)18-16(21)11-23-24(18)4/h7-12,14-15,20H,5-6,13,16H2,1-4H3,(H,31,34);7-8,10-11,14H,5-6,9,12,22H2,1-4H3. The molecule has 65 heavy (non-hydrogen) atoms. The van der Waals surface area contributed by atoms with Crippen molar-refractivity contribution >= 4 is 61.3 Å². The molecule has 348 valence electrons. The molecule has 0 bridgehead atoms. The summed E-state index contributed by atoms with van der Waals surface area (Å²) < 4.78 is 42.2. The van der Waals surface area contributed by atoms with E-state index >= 15 is 0 Å². The number of ether oxygens (including phenoxy) is 4. The Kier molecular flexibility index (Phi) is 15.5. The molecule has 2 aromatic heterocycles. The van der Waals surface area contributed by atoms with Crippen molar-refractivity contribution in [3.8, 4) is 34.0 Å². The molecule has 0 spiro atoms. The first kappa shape index (κ1) is 48.8. The minimum atomic E-state index is -0.571. The number of likely N-dealkylation sites (tertiary alicyclic amines) is 2. The third-order valence-corrected chi connectivity index (χ3v) is 11.5. The molecule has 3 N–H and O–H groups in total. The Bertz CT molecular complexity index is 2440. The number of hydrogen-bond donors (Lipinski definition) is 2. The molecule has 5 aromatic rings. The van der Waals surface area contributed by atoms with Gasteiger partial charge in [0.15, 0.2) is 0 Å². The summed E-state index contributed by atoms with van der Waals surface area (Å²) in [5.41, 5.74) is 9.71. The highest BCUT2D eigenvalue weighted by molar-refractivity contribution is 9.11. The van der Waals surface area contributed by atoms with Crippen molar-refractivity contribution in [2.75, 3.05) is 37.2 Å². The Balaban J connectivity index is 0.000000224. The fraction of sp³-hybridized carbons (Fsp3) is 0.426. The Morgan fingerprint density at radius 2 is 1.17 bits per heavy atom. The van der Waals surface area contributed by atoms with E-state index in [1.54, 1.807) is 43.7 Å². The maximum absolute atomic E-state index is 13.3. The van der Waals surface area contributed by atoms with Crippen molar-refractivity contribution in [2.24, 2.45) is 14.1 Å². The Hall–Kier alpha value is -5.62. The summed E-state index contributed by atoms with van der Waals surface area (Å²) in [5.74, 6) is 0.549. The number of carbonyl (C=O) groups excluding carboxylic acids is 3. The van der Waals surface area contributed by atoms with Gasteiger partial charge in [-0.3, -0.25) is 14.2 Å². The van der Waals surface area contributed by atoms with Crippen molar-refractivity contribution in [3.05, 3.63) is 93.4 Å². The lowest BCUT2D eigenvalue weighted by molar-refractivity contribution is 0.00719. The van der Waals surface area contributed by atoms with E-state index in [2.05, 4.69) is 47.4 Å². The first-order valence-electron chi connectivity index (χ1n) is 21.4. The van der Waals surface area contributed by atoms with Crippen LogP contribution in [0.15, 0.2) is 82.0 Å². The smallest absolute Gasteiger partial charge is 0.410 e. The van der Waals surface area contributed by atoms with Crippen LogP contribution in [0.4, 0.5) is 25.4 Å². The molecule has 3 aromatic carbocycles. The maximum atomic E-state index is 13.3. The molecule has 7 rings (SSSR count). The van der Waals surface area contributed by atoms with Gasteiger partial charge in [-0.05, 0) is 160 Å². The zero-order chi connectivity index (χ0) is 47.2. The summed E-state index contributed by atoms with van der Waals surface area (Å²) >= 11 is 7.10. The van der Waals surface area contributed by atoms with Crippen LogP contribution >= 0.6 is 31.9 Å². The average molecular weight is 1020 g/mol. The molecule has 2 aliphatic rings. The number of rotatable bonds is 8. The fourth-order valence-electron chi connectivity index (χ4n) is 7.38. The topological polar surface area (TPSA) is 168 Å². The maximum Gasteiger partial charge on any atom is 0.410 e. The lowest BCUT2D eigenvalue weighted by Gasteiger charge is -2.34. The molecule has 18 heteroatoms. The molecular formula is C47H57Br2FN8O7.